The van der Waals surface area contributed by atoms with Gasteiger partial charge in [0, 0.05) is 5.70 Å². The van der Waals surface area contributed by atoms with Crippen LogP contribution in [-0.2, 0) is 14.4 Å². The van der Waals surface area contributed by atoms with Crippen molar-refractivity contribution in [1.29, 1.82) is 5.26 Å². The van der Waals surface area contributed by atoms with Gasteiger partial charge in [-0.25, -0.2) is 0 Å². The smallest absolute Gasteiger partial charge is 0.285 e. The molecule has 9 nitrogen and oxygen atoms in total. The van der Waals surface area contributed by atoms with Gasteiger partial charge in [-0.05, 0) is 54.8 Å². The Morgan fingerprint density at radius 3 is 2.32 bits per heavy atom. The molecule has 1 aliphatic rings. The number of nitrogens with zero attached hydrogens (tertiary/aromatic N) is 3. The maximum absolute atomic E-state index is 14.0. The van der Waals surface area contributed by atoms with Crippen molar-refractivity contribution < 1.29 is 23.9 Å². The van der Waals surface area contributed by atoms with Crippen LogP contribution in [0.1, 0.15) is 36.6 Å². The van der Waals surface area contributed by atoms with Crippen molar-refractivity contribution >= 4 is 40.7 Å². The third-order valence-corrected chi connectivity index (χ3v) is 7.72. The highest BCUT2D eigenvalue weighted by molar-refractivity contribution is 8.14. The summed E-state index contributed by atoms with van der Waals surface area (Å²) in [6, 6.07) is 25.6. The van der Waals surface area contributed by atoms with Crippen molar-refractivity contribution in [2.24, 2.45) is 4.99 Å². The first kappa shape index (κ1) is 34.2. The zero-order valence-corrected chi connectivity index (χ0v) is 26.9. The number of aliphatic imine (C=N–C) groups is 1. The molecule has 1 heterocycles. The summed E-state index contributed by atoms with van der Waals surface area (Å²) in [6.45, 7) is 7.44. The minimum absolute atomic E-state index is 0.0698. The fourth-order valence-corrected chi connectivity index (χ4v) is 5.48. The van der Waals surface area contributed by atoms with Gasteiger partial charge in [-0.3, -0.25) is 19.3 Å². The van der Waals surface area contributed by atoms with Crippen LogP contribution in [0.5, 0.6) is 11.5 Å². The lowest BCUT2D eigenvalue weighted by molar-refractivity contribution is -0.126. The molecule has 10 heteroatoms. The number of hydrogen-bond donors (Lipinski definition) is 1. The molecule has 0 spiro atoms. The van der Waals surface area contributed by atoms with Crippen LogP contribution >= 0.6 is 11.8 Å². The van der Waals surface area contributed by atoms with Crippen molar-refractivity contribution in [3.8, 4) is 17.6 Å². The Kier molecular flexibility index (Phi) is 12.5. The number of nitriles is 1. The number of amides is 3. The quantitative estimate of drug-likeness (QED) is 0.130. The van der Waals surface area contributed by atoms with Crippen molar-refractivity contribution in [1.82, 2.24) is 10.2 Å². The number of ether oxygens (including phenoxy) is 2. The van der Waals surface area contributed by atoms with E-state index in [-0.39, 0.29) is 29.0 Å². The number of allylic oxidation sites excluding steroid dienone is 4. The topological polar surface area (TPSA) is 121 Å². The molecule has 0 fully saturated rings. The van der Waals surface area contributed by atoms with Crippen LogP contribution in [0.25, 0.3) is 6.08 Å². The number of carbonyl (C=O) groups excluding carboxylic acids is 3. The standard InChI is InChI=1S/C37H34N4O5S/c1-4-7-18-29(5-2)41-36(44)30(23-26-19-20-31(46-22-21-38)32(24-26)45-6-3)35(43)40-37(41)47-25-33(42)39-34(27-14-10-8-11-15-27)28-16-12-9-13-17-28/h4-5,7-20,23-24,34H,1,6,22,25H2,2-3H3,(H,39,42)/b18-7-,29-5+,30-23+. The van der Waals surface area contributed by atoms with E-state index in [9.17, 15) is 14.4 Å². The molecule has 0 unspecified atom stereocenters. The third kappa shape index (κ3) is 8.96. The van der Waals surface area contributed by atoms with E-state index < -0.39 is 17.9 Å². The lowest BCUT2D eigenvalue weighted by Gasteiger charge is -2.28. The Morgan fingerprint density at radius 2 is 1.72 bits per heavy atom. The highest BCUT2D eigenvalue weighted by Crippen LogP contribution is 2.31. The van der Waals surface area contributed by atoms with Gasteiger partial charge in [0.2, 0.25) is 5.91 Å². The fourth-order valence-electron chi connectivity index (χ4n) is 4.67. The number of benzene rings is 3. The summed E-state index contributed by atoms with van der Waals surface area (Å²) in [5.74, 6) is -1.03. The largest absolute Gasteiger partial charge is 0.490 e. The van der Waals surface area contributed by atoms with E-state index in [0.717, 1.165) is 22.9 Å². The molecule has 1 aliphatic heterocycles. The first-order chi connectivity index (χ1) is 22.9. The van der Waals surface area contributed by atoms with Crippen LogP contribution in [0.3, 0.4) is 0 Å². The molecule has 3 aromatic rings. The lowest BCUT2D eigenvalue weighted by atomic mass is 9.99. The molecular formula is C37H34N4O5S. The summed E-state index contributed by atoms with van der Waals surface area (Å²) in [7, 11) is 0. The summed E-state index contributed by atoms with van der Waals surface area (Å²) in [6.07, 6.45) is 8.03. The van der Waals surface area contributed by atoms with Gasteiger partial charge in [-0.1, -0.05) is 103 Å². The van der Waals surface area contributed by atoms with E-state index in [1.54, 1.807) is 56.4 Å². The third-order valence-electron chi connectivity index (χ3n) is 6.78. The summed E-state index contributed by atoms with van der Waals surface area (Å²) in [5.41, 5.74) is 2.60. The van der Waals surface area contributed by atoms with Gasteiger partial charge in [0.25, 0.3) is 11.8 Å². The van der Waals surface area contributed by atoms with E-state index in [2.05, 4.69) is 16.9 Å². The van der Waals surface area contributed by atoms with Gasteiger partial charge in [0.15, 0.2) is 23.3 Å². The Morgan fingerprint density at radius 1 is 1.04 bits per heavy atom. The Balaban J connectivity index is 1.63. The van der Waals surface area contributed by atoms with Crippen LogP contribution in [0, 0.1) is 11.3 Å². The first-order valence-electron chi connectivity index (χ1n) is 14.8. The lowest BCUT2D eigenvalue weighted by Crippen LogP contribution is -2.42. The second-order valence-corrected chi connectivity index (χ2v) is 10.8. The van der Waals surface area contributed by atoms with E-state index >= 15 is 0 Å². The Hall–Kier alpha value is -5.66. The van der Waals surface area contributed by atoms with Crippen molar-refractivity contribution in [3.05, 3.63) is 138 Å². The SMILES string of the molecule is C=C/C=C\C(=C/C)N1C(=O)/C(=C/c2ccc(OCC#N)c(OCC)c2)C(=O)N=C1SCC(=O)NC(c1ccccc1)c1ccccc1. The number of hydrogen-bond acceptors (Lipinski definition) is 7. The van der Waals surface area contributed by atoms with Crippen molar-refractivity contribution in [3.63, 3.8) is 0 Å². The maximum Gasteiger partial charge on any atom is 0.285 e. The number of nitrogens with one attached hydrogen (secondary N) is 1. The molecule has 3 aromatic carbocycles. The molecular weight excluding hydrogens is 612 g/mol. The Bertz CT molecular complexity index is 1740. The molecule has 0 bridgehead atoms. The van der Waals surface area contributed by atoms with Crippen molar-refractivity contribution in [2.45, 2.75) is 19.9 Å². The van der Waals surface area contributed by atoms with Gasteiger partial charge in [-0.15, -0.1) is 0 Å². The molecule has 0 aromatic heterocycles. The molecule has 0 saturated heterocycles. The second kappa shape index (κ2) is 17.1. The minimum Gasteiger partial charge on any atom is -0.490 e. The zero-order chi connectivity index (χ0) is 33.6. The van der Waals surface area contributed by atoms with Gasteiger partial charge in [0.05, 0.1) is 18.4 Å². The van der Waals surface area contributed by atoms with Crippen LogP contribution in [0.2, 0.25) is 0 Å². The minimum atomic E-state index is -0.744. The molecule has 4 rings (SSSR count). The van der Waals surface area contributed by atoms with E-state index in [1.165, 1.54) is 11.0 Å². The molecule has 1 N–H and O–H groups in total. The molecule has 47 heavy (non-hydrogen) atoms. The molecule has 3 amide bonds. The summed E-state index contributed by atoms with van der Waals surface area (Å²) in [5, 5.41) is 12.0. The average Bonchev–Trinajstić information content (AvgIpc) is 3.09. The van der Waals surface area contributed by atoms with Crippen LogP contribution < -0.4 is 14.8 Å². The fraction of sp³-hybridized carbons (Fsp3) is 0.162. The van der Waals surface area contributed by atoms with Crippen LogP contribution in [0.15, 0.2) is 126 Å². The number of carbonyl (C=O) groups is 3. The summed E-state index contributed by atoms with van der Waals surface area (Å²) < 4.78 is 11.1. The summed E-state index contributed by atoms with van der Waals surface area (Å²) in [4.78, 5) is 46.2. The maximum atomic E-state index is 14.0. The predicted molar refractivity (Wildman–Crippen MR) is 184 cm³/mol. The number of rotatable bonds is 13. The summed E-state index contributed by atoms with van der Waals surface area (Å²) >= 11 is 0.989. The van der Waals surface area contributed by atoms with E-state index in [0.29, 0.717) is 29.4 Å². The van der Waals surface area contributed by atoms with Gasteiger partial charge >= 0.3 is 0 Å². The van der Waals surface area contributed by atoms with Gasteiger partial charge < -0.3 is 14.8 Å². The molecule has 0 atom stereocenters. The molecule has 0 saturated carbocycles. The van der Waals surface area contributed by atoms with Gasteiger partial charge in [-0.2, -0.15) is 10.3 Å². The molecule has 0 aliphatic carbocycles. The first-order valence-corrected chi connectivity index (χ1v) is 15.8. The monoisotopic (exact) mass is 646 g/mol. The Labute approximate surface area is 278 Å². The van der Waals surface area contributed by atoms with Crippen LogP contribution in [0.4, 0.5) is 0 Å². The van der Waals surface area contributed by atoms with E-state index in [1.807, 2.05) is 66.7 Å². The highest BCUT2D eigenvalue weighted by atomic mass is 32.2. The van der Waals surface area contributed by atoms with Crippen molar-refractivity contribution in [2.75, 3.05) is 19.0 Å². The van der Waals surface area contributed by atoms with Gasteiger partial charge in [0.1, 0.15) is 11.6 Å². The number of amidine groups is 1. The average molecular weight is 647 g/mol. The van der Waals surface area contributed by atoms with Crippen LogP contribution in [-0.4, -0.2) is 46.8 Å². The normalized spacial score (nSPS) is 14.3. The second-order valence-electron chi connectivity index (χ2n) is 9.90. The molecule has 238 valence electrons. The predicted octanol–water partition coefficient (Wildman–Crippen LogP) is 6.38. The highest BCUT2D eigenvalue weighted by Gasteiger charge is 2.35. The number of thioether (sulfide) groups is 1. The zero-order valence-electron chi connectivity index (χ0n) is 26.1. The molecule has 0 radical (unpaired) electrons. The van der Waals surface area contributed by atoms with E-state index in [4.69, 9.17) is 14.7 Å².